The van der Waals surface area contributed by atoms with Crippen LogP contribution in [0.15, 0.2) is 50.7 Å². The van der Waals surface area contributed by atoms with Crippen molar-refractivity contribution in [1.82, 2.24) is 14.1 Å². The third kappa shape index (κ3) is 4.97. The van der Waals surface area contributed by atoms with E-state index in [1.54, 1.807) is 11.7 Å². The van der Waals surface area contributed by atoms with E-state index < -0.39 is 28.7 Å². The Morgan fingerprint density at radius 3 is 2.62 bits per heavy atom. The number of methoxy groups -OCH3 is 1. The third-order valence-electron chi connectivity index (χ3n) is 8.57. The van der Waals surface area contributed by atoms with Crippen molar-refractivity contribution in [2.45, 2.75) is 64.3 Å². The van der Waals surface area contributed by atoms with E-state index in [4.69, 9.17) is 24.4 Å². The summed E-state index contributed by atoms with van der Waals surface area (Å²) in [5, 5.41) is 0.386. The molecule has 1 amide bonds. The van der Waals surface area contributed by atoms with E-state index in [1.807, 2.05) is 31.2 Å². The van der Waals surface area contributed by atoms with Gasteiger partial charge in [-0.2, -0.15) is 0 Å². The molecule has 0 unspecified atom stereocenters. The molecule has 6 rings (SSSR count). The Morgan fingerprint density at radius 2 is 1.98 bits per heavy atom. The summed E-state index contributed by atoms with van der Waals surface area (Å²) in [7, 11) is 1.60. The number of ether oxygens (including phenoxy) is 3. The van der Waals surface area contributed by atoms with E-state index in [-0.39, 0.29) is 19.2 Å². The van der Waals surface area contributed by atoms with Crippen LogP contribution in [-0.4, -0.2) is 46.5 Å². The number of primary amides is 1. The van der Waals surface area contributed by atoms with Crippen LogP contribution in [0.5, 0.6) is 5.75 Å². The van der Waals surface area contributed by atoms with Gasteiger partial charge >= 0.3 is 5.69 Å². The number of benzene rings is 1. The molecule has 3 aromatic heterocycles. The molecule has 4 aromatic rings. The largest absolute Gasteiger partial charge is 0.496 e. The van der Waals surface area contributed by atoms with Gasteiger partial charge in [0, 0.05) is 25.3 Å². The highest BCUT2D eigenvalue weighted by atomic mass is 32.1. The Kier molecular flexibility index (Phi) is 7.77. The molecule has 2 aliphatic rings. The molecular formula is C30H34N4O7S. The summed E-state index contributed by atoms with van der Waals surface area (Å²) in [6, 6.07) is 7.57. The molecule has 42 heavy (non-hydrogen) atoms. The molecule has 0 radical (unpaired) electrons. The van der Waals surface area contributed by atoms with Crippen molar-refractivity contribution in [2.75, 3.05) is 20.3 Å². The number of oxazole rings is 1. The van der Waals surface area contributed by atoms with Gasteiger partial charge in [-0.25, -0.2) is 9.78 Å². The summed E-state index contributed by atoms with van der Waals surface area (Å²) >= 11 is 1.28. The number of nitrogens with zero attached hydrogens (tertiary/aromatic N) is 3. The van der Waals surface area contributed by atoms with Crippen molar-refractivity contribution >= 4 is 27.5 Å². The number of rotatable bonds is 10. The summed E-state index contributed by atoms with van der Waals surface area (Å²) in [5.41, 5.74) is 5.35. The van der Waals surface area contributed by atoms with Crippen molar-refractivity contribution in [3.63, 3.8) is 0 Å². The van der Waals surface area contributed by atoms with E-state index in [2.05, 4.69) is 4.98 Å². The van der Waals surface area contributed by atoms with Crippen molar-refractivity contribution in [1.29, 1.82) is 0 Å². The lowest BCUT2D eigenvalue weighted by Crippen LogP contribution is -2.51. The van der Waals surface area contributed by atoms with Crippen LogP contribution in [0.4, 0.5) is 0 Å². The minimum Gasteiger partial charge on any atom is -0.496 e. The molecule has 0 spiro atoms. The highest BCUT2D eigenvalue weighted by Gasteiger charge is 2.44. The lowest BCUT2D eigenvalue weighted by Gasteiger charge is -2.38. The van der Waals surface area contributed by atoms with E-state index in [9.17, 15) is 14.4 Å². The molecule has 2 N–H and O–H groups in total. The van der Waals surface area contributed by atoms with Crippen molar-refractivity contribution in [2.24, 2.45) is 11.1 Å². The average Bonchev–Trinajstić information content (AvgIpc) is 3.62. The maximum atomic E-state index is 14.3. The third-order valence-corrected chi connectivity index (χ3v) is 9.88. The average molecular weight is 595 g/mol. The first-order valence-corrected chi connectivity index (χ1v) is 15.0. The molecule has 1 saturated carbocycles. The second-order valence-corrected chi connectivity index (χ2v) is 12.0. The van der Waals surface area contributed by atoms with Crippen LogP contribution in [0.3, 0.4) is 0 Å². The number of aryl methyl sites for hydroxylation is 1. The topological polar surface area (TPSA) is 141 Å². The molecule has 11 nitrogen and oxygen atoms in total. The minimum atomic E-state index is -0.926. The molecule has 1 aromatic carbocycles. The van der Waals surface area contributed by atoms with Crippen LogP contribution in [0.25, 0.3) is 21.0 Å². The van der Waals surface area contributed by atoms with Gasteiger partial charge in [0.15, 0.2) is 0 Å². The fourth-order valence-electron chi connectivity index (χ4n) is 5.98. The smallest absolute Gasteiger partial charge is 0.332 e. The van der Waals surface area contributed by atoms with Crippen LogP contribution in [-0.2, 0) is 27.4 Å². The van der Waals surface area contributed by atoms with Gasteiger partial charge < -0.3 is 24.4 Å². The number of fused-ring (bicyclic) bond motifs is 1. The fourth-order valence-corrected chi connectivity index (χ4v) is 7.22. The number of aromatic nitrogens is 3. The first-order chi connectivity index (χ1) is 20.3. The summed E-state index contributed by atoms with van der Waals surface area (Å²) in [6.07, 6.45) is 5.69. The normalized spacial score (nSPS) is 17.7. The highest BCUT2D eigenvalue weighted by molar-refractivity contribution is 7.22. The number of thiophene rings is 1. The second-order valence-electron chi connectivity index (χ2n) is 11.0. The molecule has 1 aliphatic carbocycles. The molecule has 1 aliphatic heterocycles. The number of nitrogens with two attached hydrogens (primary N) is 1. The molecule has 4 heterocycles. The van der Waals surface area contributed by atoms with Crippen LogP contribution in [0.2, 0.25) is 0 Å². The molecular weight excluding hydrogens is 560 g/mol. The van der Waals surface area contributed by atoms with Crippen LogP contribution in [0, 0.1) is 12.3 Å². The summed E-state index contributed by atoms with van der Waals surface area (Å²) in [4.78, 5) is 46.2. The van der Waals surface area contributed by atoms with Gasteiger partial charge in [0.2, 0.25) is 11.8 Å². The Bertz CT molecular complexity index is 1710. The SMILES string of the molecule is COc1ccccc1[C@H](Cn1c(=O)n(CC2(C(N)=O)CCC2)c(=O)c2c(C)c(-c3ncco3)sc21)OC1CCOCC1. The van der Waals surface area contributed by atoms with E-state index >= 15 is 0 Å². The zero-order valence-corrected chi connectivity index (χ0v) is 24.5. The van der Waals surface area contributed by atoms with Gasteiger partial charge in [-0.05, 0) is 44.2 Å². The number of carbonyl (C=O) groups excluding carboxylic acids is 1. The lowest BCUT2D eigenvalue weighted by molar-refractivity contribution is -0.133. The minimum absolute atomic E-state index is 0.0697. The fraction of sp³-hybridized carbons (Fsp3) is 0.467. The number of para-hydroxylation sites is 1. The molecule has 222 valence electrons. The van der Waals surface area contributed by atoms with E-state index in [0.29, 0.717) is 58.4 Å². The number of hydrogen-bond donors (Lipinski definition) is 1. The Balaban J connectivity index is 1.54. The first kappa shape index (κ1) is 28.4. The molecule has 12 heteroatoms. The first-order valence-electron chi connectivity index (χ1n) is 14.2. The van der Waals surface area contributed by atoms with Crippen LogP contribution < -0.4 is 21.7 Å². The van der Waals surface area contributed by atoms with Crippen LogP contribution >= 0.6 is 11.3 Å². The molecule has 1 saturated heterocycles. The molecule has 0 bridgehead atoms. The van der Waals surface area contributed by atoms with Gasteiger partial charge in [0.1, 0.15) is 22.9 Å². The molecule has 1 atom stereocenters. The number of amides is 1. The van der Waals surface area contributed by atoms with Crippen molar-refractivity contribution < 1.29 is 23.4 Å². The summed E-state index contributed by atoms with van der Waals surface area (Å²) < 4.78 is 26.2. The Labute approximate surface area is 245 Å². The predicted molar refractivity (Wildman–Crippen MR) is 157 cm³/mol. The maximum Gasteiger partial charge on any atom is 0.332 e. The Hall–Kier alpha value is -3.74. The maximum absolute atomic E-state index is 14.3. The monoisotopic (exact) mass is 594 g/mol. The Morgan fingerprint density at radius 1 is 1.21 bits per heavy atom. The lowest BCUT2D eigenvalue weighted by atomic mass is 9.68. The van der Waals surface area contributed by atoms with Crippen LogP contribution in [0.1, 0.15) is 49.3 Å². The summed E-state index contributed by atoms with van der Waals surface area (Å²) in [5.74, 6) is 0.507. The van der Waals surface area contributed by atoms with E-state index in [0.717, 1.165) is 24.8 Å². The van der Waals surface area contributed by atoms with E-state index in [1.165, 1.54) is 28.4 Å². The van der Waals surface area contributed by atoms with Gasteiger partial charge in [0.25, 0.3) is 5.56 Å². The molecule has 2 fully saturated rings. The second kappa shape index (κ2) is 11.5. The van der Waals surface area contributed by atoms with Gasteiger partial charge in [-0.3, -0.25) is 18.7 Å². The standard InChI is InChI=1S/C30H34N4O7S/c1-18-23-26(35)34(17-30(28(31)36)10-5-11-30)29(37)33(27(23)42-24(18)25-32-12-15-40-25)16-22(41-19-8-13-39-14-9-19)20-6-3-4-7-21(20)38-2/h3-4,6-7,12,15,19,22H,5,8-11,13-14,16-17H2,1-2H3,(H2,31,36)/t22-/m0/s1. The van der Waals surface area contributed by atoms with Gasteiger partial charge in [0.05, 0.1) is 41.6 Å². The highest BCUT2D eigenvalue weighted by Crippen LogP contribution is 2.42. The van der Waals surface area contributed by atoms with Gasteiger partial charge in [-0.15, -0.1) is 11.3 Å². The van der Waals surface area contributed by atoms with Crippen molar-refractivity contribution in [3.05, 3.63) is 68.7 Å². The van der Waals surface area contributed by atoms with Crippen molar-refractivity contribution in [3.8, 4) is 16.5 Å². The number of hydrogen-bond acceptors (Lipinski definition) is 9. The summed E-state index contributed by atoms with van der Waals surface area (Å²) in [6.45, 7) is 3.05. The zero-order chi connectivity index (χ0) is 29.4. The van der Waals surface area contributed by atoms with Gasteiger partial charge in [-0.1, -0.05) is 24.6 Å². The zero-order valence-electron chi connectivity index (χ0n) is 23.7. The quantitative estimate of drug-likeness (QED) is 0.292. The number of carbonyl (C=O) groups is 1. The predicted octanol–water partition coefficient (Wildman–Crippen LogP) is 3.79.